The molecule has 0 unspecified atom stereocenters. The lowest BCUT2D eigenvalue weighted by Crippen LogP contribution is -2.30. The minimum Gasteiger partial charge on any atom is -0.477 e. The first kappa shape index (κ1) is 17.8. The average Bonchev–Trinajstić information content (AvgIpc) is 3.38. The molecular weight excluding hydrogens is 363 g/mol. The normalized spacial score (nSPS) is 22.6. The Labute approximate surface area is 152 Å². The Morgan fingerprint density at radius 3 is 2.37 bits per heavy atom. The van der Waals surface area contributed by atoms with Crippen molar-refractivity contribution in [1.82, 2.24) is 4.57 Å². The molecule has 2 aromatic rings. The molecule has 2 atom stereocenters. The Hall–Kier alpha value is -2.55. The van der Waals surface area contributed by atoms with Crippen molar-refractivity contribution in [3.05, 3.63) is 39.4 Å². The van der Waals surface area contributed by atoms with Gasteiger partial charge in [0.15, 0.2) is 17.5 Å². The predicted octanol–water partition coefficient (Wildman–Crippen LogP) is 2.24. The molecule has 1 aromatic heterocycles. The van der Waals surface area contributed by atoms with Crippen LogP contribution in [0.5, 0.6) is 0 Å². The Bertz CT molecular complexity index is 1020. The van der Waals surface area contributed by atoms with Crippen LogP contribution in [0.15, 0.2) is 11.0 Å². The molecule has 1 aliphatic carbocycles. The van der Waals surface area contributed by atoms with Crippen LogP contribution in [0.25, 0.3) is 10.9 Å². The fourth-order valence-corrected chi connectivity index (χ4v) is 3.73. The molecule has 1 saturated carbocycles. The van der Waals surface area contributed by atoms with E-state index in [0.29, 0.717) is 12.8 Å². The molecule has 3 N–H and O–H groups in total. The molecule has 0 amide bonds. The number of aromatic nitrogens is 1. The first-order chi connectivity index (χ1) is 12.7. The summed E-state index contributed by atoms with van der Waals surface area (Å²) in [5.41, 5.74) is 3.02. The van der Waals surface area contributed by atoms with Crippen molar-refractivity contribution in [2.45, 2.75) is 31.8 Å². The van der Waals surface area contributed by atoms with Crippen molar-refractivity contribution in [3.63, 3.8) is 0 Å². The van der Waals surface area contributed by atoms with E-state index in [-0.39, 0.29) is 31.1 Å². The Morgan fingerprint density at radius 1 is 1.19 bits per heavy atom. The second-order valence-electron chi connectivity index (χ2n) is 7.38. The highest BCUT2D eigenvalue weighted by molar-refractivity contribution is 5.94. The van der Waals surface area contributed by atoms with Crippen LogP contribution in [-0.2, 0) is 0 Å². The van der Waals surface area contributed by atoms with Gasteiger partial charge in [0.05, 0.1) is 10.9 Å². The van der Waals surface area contributed by atoms with E-state index in [4.69, 9.17) is 5.73 Å². The summed E-state index contributed by atoms with van der Waals surface area (Å²) in [5.74, 6) is -5.70. The minimum atomic E-state index is -1.57. The highest BCUT2D eigenvalue weighted by Gasteiger charge is 2.36. The fraction of sp³-hybridized carbons (Fsp3) is 0.444. The van der Waals surface area contributed by atoms with E-state index in [1.165, 1.54) is 9.47 Å². The maximum Gasteiger partial charge on any atom is 0.341 e. The van der Waals surface area contributed by atoms with Crippen molar-refractivity contribution in [2.75, 3.05) is 18.0 Å². The molecule has 2 heterocycles. The van der Waals surface area contributed by atoms with Gasteiger partial charge in [0.25, 0.3) is 0 Å². The van der Waals surface area contributed by atoms with E-state index in [9.17, 15) is 23.5 Å². The smallest absolute Gasteiger partial charge is 0.341 e. The largest absolute Gasteiger partial charge is 0.477 e. The molecule has 0 bridgehead atoms. The van der Waals surface area contributed by atoms with E-state index in [2.05, 4.69) is 0 Å². The van der Waals surface area contributed by atoms with Gasteiger partial charge >= 0.3 is 5.97 Å². The zero-order valence-electron chi connectivity index (χ0n) is 14.5. The van der Waals surface area contributed by atoms with Gasteiger partial charge in [-0.1, -0.05) is 6.92 Å². The number of rotatable bonds is 3. The van der Waals surface area contributed by atoms with Crippen LogP contribution in [0, 0.1) is 23.4 Å². The van der Waals surface area contributed by atoms with Crippen LogP contribution in [0.4, 0.5) is 18.9 Å². The Balaban J connectivity index is 2.07. The number of fused-ring (bicyclic) bond motifs is 1. The van der Waals surface area contributed by atoms with Crippen LogP contribution in [0.3, 0.4) is 0 Å². The first-order valence-electron chi connectivity index (χ1n) is 8.71. The third-order valence-corrected chi connectivity index (χ3v) is 5.43. The minimum absolute atomic E-state index is 0.0393. The maximum atomic E-state index is 15.4. The summed E-state index contributed by atoms with van der Waals surface area (Å²) in [6.45, 7) is 2.23. The third-order valence-electron chi connectivity index (χ3n) is 5.43. The first-order valence-corrected chi connectivity index (χ1v) is 8.71. The zero-order chi connectivity index (χ0) is 19.6. The van der Waals surface area contributed by atoms with Gasteiger partial charge in [0, 0.05) is 31.4 Å². The van der Waals surface area contributed by atoms with Crippen molar-refractivity contribution in [1.29, 1.82) is 0 Å². The monoisotopic (exact) mass is 381 g/mol. The fourth-order valence-electron chi connectivity index (χ4n) is 3.73. The van der Waals surface area contributed by atoms with E-state index in [0.717, 1.165) is 6.20 Å². The zero-order valence-corrected chi connectivity index (χ0v) is 14.5. The molecule has 9 heteroatoms. The SMILES string of the molecule is C[C@H]1CN(c2c(F)c(F)c3c(=O)c(C(=O)O)cn(C4CC4)c3c2F)C[C@H]1N. The number of carboxylic acids is 1. The number of hydrogen-bond donors (Lipinski definition) is 2. The molecule has 4 rings (SSSR count). The number of carboxylic acid groups (broad SMARTS) is 1. The number of halogens is 3. The summed E-state index contributed by atoms with van der Waals surface area (Å²) in [6.07, 6.45) is 2.29. The molecule has 1 aliphatic heterocycles. The van der Waals surface area contributed by atoms with Gasteiger partial charge in [-0.05, 0) is 18.8 Å². The number of hydrogen-bond acceptors (Lipinski definition) is 4. The van der Waals surface area contributed by atoms with Crippen molar-refractivity contribution >= 4 is 22.6 Å². The molecule has 2 fully saturated rings. The van der Waals surface area contributed by atoms with Crippen LogP contribution < -0.4 is 16.1 Å². The number of nitrogens with zero attached hydrogens (tertiary/aromatic N) is 2. The number of pyridine rings is 1. The van der Waals surface area contributed by atoms with E-state index < -0.39 is 51.0 Å². The lowest BCUT2D eigenvalue weighted by atomic mass is 10.1. The molecule has 144 valence electrons. The molecule has 6 nitrogen and oxygen atoms in total. The standard InChI is InChI=1S/C18H18F3N3O3/c1-7-4-23(6-10(7)22)16-13(20)12(19)11-15(14(16)21)24(8-2-3-8)5-9(17(11)25)18(26)27/h5,7-8,10H,2-4,6,22H2,1H3,(H,26,27)/t7-,10+/m0/s1. The van der Waals surface area contributed by atoms with Crippen molar-refractivity contribution in [2.24, 2.45) is 11.7 Å². The molecule has 2 aliphatic rings. The highest BCUT2D eigenvalue weighted by atomic mass is 19.2. The van der Waals surface area contributed by atoms with Gasteiger partial charge < -0.3 is 20.3 Å². The van der Waals surface area contributed by atoms with Gasteiger partial charge in [-0.3, -0.25) is 4.79 Å². The summed E-state index contributed by atoms with van der Waals surface area (Å²) in [4.78, 5) is 25.1. The van der Waals surface area contributed by atoms with Crippen molar-refractivity contribution < 1.29 is 23.1 Å². The number of carbonyl (C=O) groups is 1. The molecule has 1 saturated heterocycles. The van der Waals surface area contributed by atoms with Crippen LogP contribution in [0.2, 0.25) is 0 Å². The van der Waals surface area contributed by atoms with Crippen LogP contribution >= 0.6 is 0 Å². The summed E-state index contributed by atoms with van der Waals surface area (Å²) < 4.78 is 46.2. The van der Waals surface area contributed by atoms with E-state index in [1.807, 2.05) is 6.92 Å². The van der Waals surface area contributed by atoms with Gasteiger partial charge in [-0.2, -0.15) is 0 Å². The Kier molecular flexibility index (Phi) is 3.95. The van der Waals surface area contributed by atoms with Gasteiger partial charge in [-0.25, -0.2) is 18.0 Å². The number of nitrogens with two attached hydrogens (primary N) is 1. The van der Waals surface area contributed by atoms with Crippen LogP contribution in [-0.4, -0.2) is 34.8 Å². The van der Waals surface area contributed by atoms with E-state index in [1.54, 1.807) is 0 Å². The van der Waals surface area contributed by atoms with Gasteiger partial charge in [-0.15, -0.1) is 0 Å². The summed E-state index contributed by atoms with van der Waals surface area (Å²) in [7, 11) is 0. The molecule has 0 spiro atoms. The summed E-state index contributed by atoms with van der Waals surface area (Å²) >= 11 is 0. The Morgan fingerprint density at radius 2 is 1.85 bits per heavy atom. The molecule has 27 heavy (non-hydrogen) atoms. The lowest BCUT2D eigenvalue weighted by Gasteiger charge is -2.22. The van der Waals surface area contributed by atoms with Crippen molar-refractivity contribution in [3.8, 4) is 0 Å². The highest BCUT2D eigenvalue weighted by Crippen LogP contribution is 2.41. The molecule has 0 radical (unpaired) electrons. The summed E-state index contributed by atoms with van der Waals surface area (Å²) in [5, 5.41) is 8.36. The maximum absolute atomic E-state index is 15.4. The average molecular weight is 381 g/mol. The van der Waals surface area contributed by atoms with Gasteiger partial charge in [0.1, 0.15) is 11.3 Å². The van der Waals surface area contributed by atoms with E-state index >= 15 is 4.39 Å². The third kappa shape index (κ3) is 2.60. The molecule has 1 aromatic carbocycles. The quantitative estimate of drug-likeness (QED) is 0.796. The lowest BCUT2D eigenvalue weighted by molar-refractivity contribution is 0.0694. The van der Waals surface area contributed by atoms with Gasteiger partial charge in [0.2, 0.25) is 5.43 Å². The predicted molar refractivity (Wildman–Crippen MR) is 92.7 cm³/mol. The van der Waals surface area contributed by atoms with Crippen LogP contribution in [0.1, 0.15) is 36.2 Å². The number of anilines is 1. The summed E-state index contributed by atoms with van der Waals surface area (Å²) in [6, 6.07) is -0.569. The number of aromatic carboxylic acids is 1. The second kappa shape index (κ2) is 5.98. The topological polar surface area (TPSA) is 88.6 Å². The second-order valence-corrected chi connectivity index (χ2v) is 7.38. The number of benzene rings is 1. The molecular formula is C18H18F3N3O3.